The minimum Gasteiger partial charge on any atom is -0.383 e. The summed E-state index contributed by atoms with van der Waals surface area (Å²) in [7, 11) is -4.22. The van der Waals surface area contributed by atoms with Gasteiger partial charge in [-0.25, -0.2) is 9.47 Å². The normalized spacial score (nSPS) is 22.9. The van der Waals surface area contributed by atoms with Gasteiger partial charge in [-0.1, -0.05) is 0 Å². The van der Waals surface area contributed by atoms with Gasteiger partial charge >= 0.3 is 13.3 Å². The van der Waals surface area contributed by atoms with Crippen molar-refractivity contribution in [1.82, 2.24) is 9.66 Å². The highest BCUT2D eigenvalue weighted by Crippen LogP contribution is 2.35. The molecule has 0 saturated carbocycles. The summed E-state index contributed by atoms with van der Waals surface area (Å²) in [5.74, 6) is 0.114. The van der Waals surface area contributed by atoms with E-state index in [0.717, 1.165) is 4.68 Å². The highest BCUT2D eigenvalue weighted by atomic mass is 31.2. The van der Waals surface area contributed by atoms with E-state index < -0.39 is 32.2 Å². The van der Waals surface area contributed by atoms with E-state index >= 15 is 0 Å². The van der Waals surface area contributed by atoms with Gasteiger partial charge in [-0.05, 0) is 12.5 Å². The summed E-state index contributed by atoms with van der Waals surface area (Å²) in [6, 6.07) is 1.45. The Morgan fingerprint density at radius 1 is 1.60 bits per heavy atom. The van der Waals surface area contributed by atoms with E-state index in [1.54, 1.807) is 0 Å². The second-order valence-corrected chi connectivity index (χ2v) is 5.81. The van der Waals surface area contributed by atoms with E-state index in [9.17, 15) is 9.36 Å². The molecule has 2 atom stereocenters. The number of nitrogens with two attached hydrogens (primary N) is 1. The number of rotatable bonds is 5. The van der Waals surface area contributed by atoms with Crippen molar-refractivity contribution in [1.29, 1.82) is 0 Å². The topological polar surface area (TPSA) is 149 Å². The van der Waals surface area contributed by atoms with Gasteiger partial charge in [0.15, 0.2) is 12.6 Å². The van der Waals surface area contributed by atoms with Crippen molar-refractivity contribution in [3.05, 3.63) is 22.7 Å². The van der Waals surface area contributed by atoms with Crippen LogP contribution in [0.2, 0.25) is 0 Å². The van der Waals surface area contributed by atoms with E-state index in [4.69, 9.17) is 25.0 Å². The third kappa shape index (κ3) is 4.29. The van der Waals surface area contributed by atoms with Crippen molar-refractivity contribution in [2.24, 2.45) is 0 Å². The number of nitrogen functional groups attached to an aromatic ring is 1. The van der Waals surface area contributed by atoms with E-state index in [1.165, 1.54) is 12.3 Å². The fraction of sp³-hybridized carbons (Fsp3) is 0.556. The summed E-state index contributed by atoms with van der Waals surface area (Å²) in [6.45, 7) is 0. The summed E-state index contributed by atoms with van der Waals surface area (Å²) in [4.78, 5) is 32.4. The molecule has 1 fully saturated rings. The van der Waals surface area contributed by atoms with Gasteiger partial charge in [-0.3, -0.25) is 9.99 Å². The lowest BCUT2D eigenvalue weighted by molar-refractivity contribution is -0.119. The fourth-order valence-electron chi connectivity index (χ4n) is 1.67. The van der Waals surface area contributed by atoms with Gasteiger partial charge in [-0.2, -0.15) is 4.98 Å². The molecule has 1 aromatic heterocycles. The van der Waals surface area contributed by atoms with Crippen molar-refractivity contribution in [3.63, 3.8) is 0 Å². The molecule has 1 saturated heterocycles. The van der Waals surface area contributed by atoms with Crippen LogP contribution in [0.5, 0.6) is 0 Å². The van der Waals surface area contributed by atoms with E-state index in [2.05, 4.69) is 10.4 Å². The molecule has 0 aliphatic carbocycles. The highest BCUT2D eigenvalue weighted by Gasteiger charge is 2.28. The summed E-state index contributed by atoms with van der Waals surface area (Å²) < 4.78 is 22.1. The third-order valence-electron chi connectivity index (χ3n) is 2.52. The molecular weight excluding hydrogens is 291 g/mol. The van der Waals surface area contributed by atoms with Crippen LogP contribution in [0.25, 0.3) is 0 Å². The Morgan fingerprint density at radius 3 is 3.00 bits per heavy atom. The molecule has 0 amide bonds. The van der Waals surface area contributed by atoms with Crippen LogP contribution in [0.3, 0.4) is 0 Å². The Balaban J connectivity index is 1.87. The summed E-state index contributed by atoms with van der Waals surface area (Å²) in [6.07, 6.45) is 0.445. The number of hydrogen-bond donors (Lipinski definition) is 4. The maximum absolute atomic E-state index is 11.5. The zero-order valence-corrected chi connectivity index (χ0v) is 11.3. The van der Waals surface area contributed by atoms with Crippen LogP contribution in [0.1, 0.15) is 12.8 Å². The van der Waals surface area contributed by atoms with Gasteiger partial charge in [0.2, 0.25) is 0 Å². The molecule has 11 heteroatoms. The predicted molar refractivity (Wildman–Crippen MR) is 68.2 cm³/mol. The van der Waals surface area contributed by atoms with Crippen LogP contribution in [0.15, 0.2) is 17.1 Å². The Labute approximate surface area is 113 Å². The average Bonchev–Trinajstić information content (AvgIpc) is 2.77. The Bertz CT molecular complexity index is 572. The SMILES string of the molecule is Nc1ccn(NC2CCC(OCP(=O)(O)O)O2)c(=O)n1. The Hall–Kier alpha value is -1.45. The minimum atomic E-state index is -4.22. The first kappa shape index (κ1) is 14.9. The number of nitrogens with one attached hydrogen (secondary N) is 1. The highest BCUT2D eigenvalue weighted by molar-refractivity contribution is 7.51. The predicted octanol–water partition coefficient (Wildman–Crippen LogP) is -1.02. The second kappa shape index (κ2) is 5.90. The van der Waals surface area contributed by atoms with Crippen molar-refractivity contribution >= 4 is 13.4 Å². The molecule has 1 aliphatic heterocycles. The van der Waals surface area contributed by atoms with Crippen molar-refractivity contribution < 1.29 is 23.8 Å². The molecule has 1 aliphatic rings. The van der Waals surface area contributed by atoms with Crippen LogP contribution in [-0.4, -0.2) is 38.3 Å². The summed E-state index contributed by atoms with van der Waals surface area (Å²) in [5, 5.41) is 0. The third-order valence-corrected chi connectivity index (χ3v) is 3.00. The zero-order valence-electron chi connectivity index (χ0n) is 10.4. The number of aromatic nitrogens is 2. The molecule has 0 bridgehead atoms. The molecule has 10 nitrogen and oxygen atoms in total. The molecule has 2 rings (SSSR count). The van der Waals surface area contributed by atoms with E-state index in [1.807, 2.05) is 0 Å². The first-order valence-corrected chi connectivity index (χ1v) is 7.56. The summed E-state index contributed by atoms with van der Waals surface area (Å²) in [5.41, 5.74) is 7.54. The molecule has 0 radical (unpaired) electrons. The largest absolute Gasteiger partial charge is 0.383 e. The molecule has 0 spiro atoms. The lowest BCUT2D eigenvalue weighted by Gasteiger charge is -2.17. The average molecular weight is 306 g/mol. The van der Waals surface area contributed by atoms with Crippen molar-refractivity contribution in [2.75, 3.05) is 17.5 Å². The first-order valence-electron chi connectivity index (χ1n) is 5.77. The van der Waals surface area contributed by atoms with Crippen LogP contribution in [0, 0.1) is 0 Å². The number of nitrogens with zero attached hydrogens (tertiary/aromatic N) is 2. The standard InChI is InChI=1S/C9H15N4O6P/c10-6-3-4-13(9(14)11-6)12-7-1-2-8(19-7)18-5-20(15,16)17/h3-4,7-8,12H,1-2,5H2,(H2,10,11,14)(H2,15,16,17). The van der Waals surface area contributed by atoms with Crippen LogP contribution in [0.4, 0.5) is 5.82 Å². The molecule has 1 aromatic rings. The van der Waals surface area contributed by atoms with Crippen molar-refractivity contribution in [3.8, 4) is 0 Å². The Kier molecular flexibility index (Phi) is 4.41. The minimum absolute atomic E-state index is 0.114. The lowest BCUT2D eigenvalue weighted by Crippen LogP contribution is -2.37. The van der Waals surface area contributed by atoms with E-state index in [-0.39, 0.29) is 5.82 Å². The smallest absolute Gasteiger partial charge is 0.368 e. The Morgan fingerprint density at radius 2 is 2.35 bits per heavy atom. The lowest BCUT2D eigenvalue weighted by atomic mass is 10.3. The van der Waals surface area contributed by atoms with E-state index in [0.29, 0.717) is 12.8 Å². The van der Waals surface area contributed by atoms with Gasteiger partial charge in [-0.15, -0.1) is 0 Å². The molecule has 112 valence electrons. The van der Waals surface area contributed by atoms with Crippen molar-refractivity contribution in [2.45, 2.75) is 25.4 Å². The van der Waals surface area contributed by atoms with Gasteiger partial charge in [0.25, 0.3) is 0 Å². The van der Waals surface area contributed by atoms with Gasteiger partial charge in [0.05, 0.1) is 0 Å². The molecule has 2 unspecified atom stereocenters. The van der Waals surface area contributed by atoms with Crippen LogP contribution in [-0.2, 0) is 14.0 Å². The number of ether oxygens (including phenoxy) is 2. The quantitative estimate of drug-likeness (QED) is 0.501. The van der Waals surface area contributed by atoms with Gasteiger partial charge < -0.3 is 25.0 Å². The number of hydrogen-bond acceptors (Lipinski definition) is 7. The molecule has 0 aromatic carbocycles. The van der Waals surface area contributed by atoms with Crippen LogP contribution >= 0.6 is 7.60 Å². The molecular formula is C9H15N4O6P. The molecule has 20 heavy (non-hydrogen) atoms. The maximum atomic E-state index is 11.5. The number of anilines is 1. The fourth-order valence-corrected chi connectivity index (χ4v) is 2.03. The maximum Gasteiger partial charge on any atom is 0.368 e. The van der Waals surface area contributed by atoms with Gasteiger partial charge in [0.1, 0.15) is 12.0 Å². The molecule has 5 N–H and O–H groups in total. The van der Waals surface area contributed by atoms with Gasteiger partial charge in [0, 0.05) is 12.6 Å². The monoisotopic (exact) mass is 306 g/mol. The summed E-state index contributed by atoms with van der Waals surface area (Å²) >= 11 is 0. The zero-order chi connectivity index (χ0) is 14.8. The molecule has 2 heterocycles. The first-order chi connectivity index (χ1) is 9.33. The van der Waals surface area contributed by atoms with Crippen LogP contribution < -0.4 is 16.8 Å². The second-order valence-electron chi connectivity index (χ2n) is 4.23.